The van der Waals surface area contributed by atoms with Crippen LogP contribution >= 0.6 is 23.4 Å². The van der Waals surface area contributed by atoms with E-state index in [-0.39, 0.29) is 5.15 Å². The van der Waals surface area contributed by atoms with Gasteiger partial charge >= 0.3 is 0 Å². The summed E-state index contributed by atoms with van der Waals surface area (Å²) in [6.45, 7) is 0. The van der Waals surface area contributed by atoms with Gasteiger partial charge in [0.05, 0.1) is 17.5 Å². The number of imidazole rings is 1. The van der Waals surface area contributed by atoms with Gasteiger partial charge in [0, 0.05) is 4.90 Å². The second kappa shape index (κ2) is 5.75. The van der Waals surface area contributed by atoms with Gasteiger partial charge in [-0.3, -0.25) is 0 Å². The summed E-state index contributed by atoms with van der Waals surface area (Å²) in [5.41, 5.74) is 8.29. The second-order valence-electron chi connectivity index (χ2n) is 4.30. The molecule has 0 atom stereocenters. The van der Waals surface area contributed by atoms with Gasteiger partial charge in [-0.2, -0.15) is 0 Å². The molecule has 0 bridgehead atoms. The highest BCUT2D eigenvalue weighted by molar-refractivity contribution is 7.98. The normalized spacial score (nSPS) is 10.8. The molecule has 1 aromatic carbocycles. The molecule has 106 valence electrons. The lowest BCUT2D eigenvalue weighted by molar-refractivity contribution is 1.16. The van der Waals surface area contributed by atoms with Gasteiger partial charge in [0.2, 0.25) is 0 Å². The minimum atomic E-state index is 0.279. The average Bonchev–Trinajstić information content (AvgIpc) is 2.97. The van der Waals surface area contributed by atoms with E-state index in [4.69, 9.17) is 17.3 Å². The fourth-order valence-corrected chi connectivity index (χ4v) is 2.60. The summed E-state index contributed by atoms with van der Waals surface area (Å²) in [7, 11) is 0. The number of aromatic nitrogens is 4. The number of nitrogens with one attached hydrogen (secondary N) is 1. The quantitative estimate of drug-likeness (QED) is 0.571. The van der Waals surface area contributed by atoms with Gasteiger partial charge in [-0.15, -0.1) is 11.8 Å². The molecule has 0 radical (unpaired) electrons. The van der Waals surface area contributed by atoms with Crippen molar-refractivity contribution in [1.82, 2.24) is 19.9 Å². The van der Waals surface area contributed by atoms with E-state index in [1.54, 1.807) is 18.0 Å². The number of aromatic amines is 1. The number of hydrogen-bond donors (Lipinski definition) is 2. The first-order valence-corrected chi connectivity index (χ1v) is 7.75. The van der Waals surface area contributed by atoms with E-state index in [0.717, 1.165) is 11.3 Å². The Morgan fingerprint density at radius 2 is 1.90 bits per heavy atom. The zero-order valence-corrected chi connectivity index (χ0v) is 12.7. The molecule has 5 nitrogen and oxygen atoms in total. The Morgan fingerprint density at radius 3 is 2.57 bits per heavy atom. The van der Waals surface area contributed by atoms with Gasteiger partial charge in [0.1, 0.15) is 23.1 Å². The first-order valence-electron chi connectivity index (χ1n) is 6.15. The summed E-state index contributed by atoms with van der Waals surface area (Å²) < 4.78 is 0. The molecule has 7 heteroatoms. The Balaban J connectivity index is 1.99. The zero-order chi connectivity index (χ0) is 14.8. The van der Waals surface area contributed by atoms with Gasteiger partial charge in [-0.1, -0.05) is 23.7 Å². The largest absolute Gasteiger partial charge is 0.383 e. The summed E-state index contributed by atoms with van der Waals surface area (Å²) in [6.07, 6.45) is 5.11. The molecule has 3 rings (SSSR count). The molecule has 0 aliphatic heterocycles. The Bertz CT molecular complexity index is 749. The molecule has 21 heavy (non-hydrogen) atoms. The lowest BCUT2D eigenvalue weighted by Crippen LogP contribution is -1.97. The number of anilines is 1. The van der Waals surface area contributed by atoms with Crippen LogP contribution in [0.2, 0.25) is 5.15 Å². The first kappa shape index (κ1) is 13.9. The number of nitrogens with zero attached hydrogens (tertiary/aromatic N) is 3. The van der Waals surface area contributed by atoms with Crippen LogP contribution in [-0.2, 0) is 0 Å². The molecule has 3 aromatic rings. The van der Waals surface area contributed by atoms with Crippen LogP contribution in [-0.4, -0.2) is 26.2 Å². The summed E-state index contributed by atoms with van der Waals surface area (Å²) in [6, 6.07) is 8.20. The van der Waals surface area contributed by atoms with Gasteiger partial charge in [0.15, 0.2) is 0 Å². The van der Waals surface area contributed by atoms with Crippen molar-refractivity contribution in [2.75, 3.05) is 12.0 Å². The van der Waals surface area contributed by atoms with E-state index < -0.39 is 0 Å². The second-order valence-corrected chi connectivity index (χ2v) is 5.54. The molecule has 3 N–H and O–H groups in total. The van der Waals surface area contributed by atoms with Crippen LogP contribution in [0.3, 0.4) is 0 Å². The zero-order valence-electron chi connectivity index (χ0n) is 11.2. The molecule has 0 unspecified atom stereocenters. The number of hydrogen-bond acceptors (Lipinski definition) is 5. The number of benzene rings is 1. The third-order valence-electron chi connectivity index (χ3n) is 3.04. The highest BCUT2D eigenvalue weighted by Crippen LogP contribution is 2.30. The van der Waals surface area contributed by atoms with Gasteiger partial charge in [-0.25, -0.2) is 15.0 Å². The third-order valence-corrected chi connectivity index (χ3v) is 4.07. The van der Waals surface area contributed by atoms with Crippen LogP contribution < -0.4 is 5.73 Å². The van der Waals surface area contributed by atoms with Crippen molar-refractivity contribution in [2.24, 2.45) is 0 Å². The molecular formula is C14H12ClN5S. The molecule has 0 fully saturated rings. The molecular weight excluding hydrogens is 306 g/mol. The summed E-state index contributed by atoms with van der Waals surface area (Å²) in [5.74, 6) is 0.857. The van der Waals surface area contributed by atoms with Crippen LogP contribution in [0.5, 0.6) is 0 Å². The number of nitrogen functional groups attached to an aromatic ring is 1. The molecule has 0 aliphatic rings. The van der Waals surface area contributed by atoms with E-state index >= 15 is 0 Å². The lowest BCUT2D eigenvalue weighted by atomic mass is 10.2. The molecule has 0 saturated heterocycles. The smallest absolute Gasteiger partial charge is 0.145 e. The number of nitrogens with two attached hydrogens (primary N) is 1. The van der Waals surface area contributed by atoms with Crippen LogP contribution in [0.15, 0.2) is 41.7 Å². The van der Waals surface area contributed by atoms with E-state index in [1.165, 1.54) is 11.2 Å². The summed E-state index contributed by atoms with van der Waals surface area (Å²) in [4.78, 5) is 16.6. The molecule has 2 aromatic heterocycles. The maximum Gasteiger partial charge on any atom is 0.145 e. The molecule has 0 amide bonds. The van der Waals surface area contributed by atoms with Crippen LogP contribution in [0.25, 0.3) is 22.6 Å². The number of rotatable bonds is 3. The maximum absolute atomic E-state index is 6.07. The van der Waals surface area contributed by atoms with Gasteiger partial charge < -0.3 is 10.7 Å². The minimum Gasteiger partial charge on any atom is -0.383 e. The van der Waals surface area contributed by atoms with E-state index in [9.17, 15) is 0 Å². The monoisotopic (exact) mass is 317 g/mol. The third kappa shape index (κ3) is 2.72. The molecule has 0 aliphatic carbocycles. The van der Waals surface area contributed by atoms with Crippen molar-refractivity contribution in [3.05, 3.63) is 41.9 Å². The number of H-pyrrole nitrogens is 1. The van der Waals surface area contributed by atoms with E-state index in [2.05, 4.69) is 32.1 Å². The van der Waals surface area contributed by atoms with E-state index in [0.29, 0.717) is 17.2 Å². The fraction of sp³-hybridized carbons (Fsp3) is 0.0714. The Kier molecular flexibility index (Phi) is 3.81. The standard InChI is InChI=1S/C14H12ClN5S/c1-21-9-4-2-8(3-5-9)10-6-17-14(20-10)11-12(15)18-7-19-13(11)16/h2-7H,1H3,(H,17,20)(H2,16,18,19). The Hall–Kier alpha value is -2.05. The van der Waals surface area contributed by atoms with Gasteiger partial charge in [-0.05, 0) is 24.0 Å². The lowest BCUT2D eigenvalue weighted by Gasteiger charge is -2.03. The Labute approximate surface area is 131 Å². The van der Waals surface area contributed by atoms with Crippen LogP contribution in [0, 0.1) is 0 Å². The van der Waals surface area contributed by atoms with Crippen molar-refractivity contribution in [1.29, 1.82) is 0 Å². The minimum absolute atomic E-state index is 0.279. The average molecular weight is 318 g/mol. The van der Waals surface area contributed by atoms with Crippen molar-refractivity contribution in [3.63, 3.8) is 0 Å². The first-order chi connectivity index (χ1) is 10.2. The van der Waals surface area contributed by atoms with Crippen molar-refractivity contribution < 1.29 is 0 Å². The molecule has 2 heterocycles. The SMILES string of the molecule is CSc1ccc(-c2cnc(-c3c(N)ncnc3Cl)[nH]2)cc1. The van der Waals surface area contributed by atoms with Crippen molar-refractivity contribution in [3.8, 4) is 22.6 Å². The highest BCUT2D eigenvalue weighted by Gasteiger charge is 2.14. The van der Waals surface area contributed by atoms with Crippen LogP contribution in [0.4, 0.5) is 5.82 Å². The van der Waals surface area contributed by atoms with E-state index in [1.807, 2.05) is 18.4 Å². The van der Waals surface area contributed by atoms with Crippen molar-refractivity contribution >= 4 is 29.2 Å². The highest BCUT2D eigenvalue weighted by atomic mass is 35.5. The van der Waals surface area contributed by atoms with Crippen molar-refractivity contribution in [2.45, 2.75) is 4.90 Å². The van der Waals surface area contributed by atoms with Crippen LogP contribution in [0.1, 0.15) is 0 Å². The predicted octanol–water partition coefficient (Wildman–Crippen LogP) is 3.49. The fourth-order valence-electron chi connectivity index (χ4n) is 1.96. The number of thioether (sulfide) groups is 1. The summed E-state index contributed by atoms with van der Waals surface area (Å²) >= 11 is 7.77. The predicted molar refractivity (Wildman–Crippen MR) is 86.3 cm³/mol. The molecule has 0 saturated carbocycles. The van der Waals surface area contributed by atoms with Gasteiger partial charge in [0.25, 0.3) is 0 Å². The maximum atomic E-state index is 6.07. The summed E-state index contributed by atoms with van der Waals surface area (Å²) in [5, 5.41) is 0.279. The Morgan fingerprint density at radius 1 is 1.14 bits per heavy atom. The topological polar surface area (TPSA) is 80.5 Å². The molecule has 0 spiro atoms. The number of halogens is 1.